The fourth-order valence-corrected chi connectivity index (χ4v) is 3.18. The molecule has 0 saturated carbocycles. The number of rotatable bonds is 6. The van der Waals surface area contributed by atoms with Crippen LogP contribution < -0.4 is 5.32 Å². The first-order valence-corrected chi connectivity index (χ1v) is 9.06. The van der Waals surface area contributed by atoms with E-state index in [1.807, 2.05) is 19.2 Å². The van der Waals surface area contributed by atoms with Crippen molar-refractivity contribution in [2.24, 2.45) is 4.99 Å². The molecule has 0 radical (unpaired) electrons. The number of nitrogens with one attached hydrogen (secondary N) is 1. The molecule has 2 heterocycles. The molecule has 1 aromatic carbocycles. The summed E-state index contributed by atoms with van der Waals surface area (Å²) in [4.78, 5) is 9.04. The molecule has 1 aliphatic heterocycles. The normalized spacial score (nSPS) is 16.1. The lowest BCUT2D eigenvalue weighted by Gasteiger charge is -2.36. The van der Waals surface area contributed by atoms with E-state index >= 15 is 0 Å². The summed E-state index contributed by atoms with van der Waals surface area (Å²) in [5.41, 5.74) is 2.00. The molecule has 0 aliphatic carbocycles. The summed E-state index contributed by atoms with van der Waals surface area (Å²) in [6, 6.07) is 8.71. The Labute approximate surface area is 153 Å². The third kappa shape index (κ3) is 5.29. The lowest BCUT2D eigenvalue weighted by Crippen LogP contribution is -2.52. The lowest BCUT2D eigenvalue weighted by molar-refractivity contribution is 0.169. The second-order valence-electron chi connectivity index (χ2n) is 6.46. The smallest absolute Gasteiger partial charge is 0.193 e. The molecule has 1 fully saturated rings. The van der Waals surface area contributed by atoms with Crippen LogP contribution in [0.2, 0.25) is 0 Å². The highest BCUT2D eigenvalue weighted by atomic mass is 19.1. The van der Waals surface area contributed by atoms with Gasteiger partial charge in [0.1, 0.15) is 12.1 Å². The highest BCUT2D eigenvalue weighted by Crippen LogP contribution is 2.08. The molecule has 1 aliphatic rings. The van der Waals surface area contributed by atoms with Gasteiger partial charge in [-0.2, -0.15) is 0 Å². The number of guanidine groups is 1. The van der Waals surface area contributed by atoms with Crippen LogP contribution in [0.25, 0.3) is 0 Å². The Morgan fingerprint density at radius 3 is 2.81 bits per heavy atom. The van der Waals surface area contributed by atoms with E-state index in [0.717, 1.165) is 69.3 Å². The van der Waals surface area contributed by atoms with E-state index in [2.05, 4.69) is 25.3 Å². The Bertz CT molecular complexity index is 696. The van der Waals surface area contributed by atoms with E-state index in [4.69, 9.17) is 4.52 Å². The Hall–Kier alpha value is -2.41. The molecular formula is C19H26FN5O. The average molecular weight is 359 g/mol. The highest BCUT2D eigenvalue weighted by Gasteiger charge is 2.20. The summed E-state index contributed by atoms with van der Waals surface area (Å²) in [6.07, 6.45) is 3.41. The molecule has 2 aromatic rings. The first kappa shape index (κ1) is 18.4. The fourth-order valence-electron chi connectivity index (χ4n) is 3.18. The van der Waals surface area contributed by atoms with E-state index in [-0.39, 0.29) is 5.82 Å². The van der Waals surface area contributed by atoms with Gasteiger partial charge in [0.05, 0.1) is 5.69 Å². The third-order valence-electron chi connectivity index (χ3n) is 4.57. The fraction of sp³-hybridized carbons (Fsp3) is 0.474. The van der Waals surface area contributed by atoms with Crippen molar-refractivity contribution in [2.45, 2.75) is 19.4 Å². The second-order valence-corrected chi connectivity index (χ2v) is 6.46. The summed E-state index contributed by atoms with van der Waals surface area (Å²) in [7, 11) is 1.82. The number of hydrogen-bond donors (Lipinski definition) is 1. The average Bonchev–Trinajstić information content (AvgIpc) is 3.16. The molecule has 6 nitrogen and oxygen atoms in total. The molecule has 1 aromatic heterocycles. The minimum Gasteiger partial charge on any atom is -0.364 e. The number of halogens is 1. The van der Waals surface area contributed by atoms with Crippen LogP contribution in [0, 0.1) is 5.82 Å². The Morgan fingerprint density at radius 1 is 1.27 bits per heavy atom. The maximum Gasteiger partial charge on any atom is 0.193 e. The van der Waals surface area contributed by atoms with Gasteiger partial charge in [-0.25, -0.2) is 4.39 Å². The quantitative estimate of drug-likeness (QED) is 0.487. The molecule has 3 rings (SSSR count). The van der Waals surface area contributed by atoms with Crippen molar-refractivity contribution in [3.8, 4) is 0 Å². The Kier molecular flexibility index (Phi) is 6.60. The van der Waals surface area contributed by atoms with Crippen LogP contribution in [0.5, 0.6) is 0 Å². The summed E-state index contributed by atoms with van der Waals surface area (Å²) in [5.74, 6) is 0.764. The summed E-state index contributed by atoms with van der Waals surface area (Å²) in [6.45, 7) is 5.45. The van der Waals surface area contributed by atoms with Crippen molar-refractivity contribution in [3.05, 3.63) is 53.7 Å². The highest BCUT2D eigenvalue weighted by molar-refractivity contribution is 5.79. The molecule has 0 bridgehead atoms. The van der Waals surface area contributed by atoms with Gasteiger partial charge < -0.3 is 14.7 Å². The number of hydrogen-bond acceptors (Lipinski definition) is 4. The number of aromatic nitrogens is 1. The van der Waals surface area contributed by atoms with Crippen molar-refractivity contribution in [1.82, 2.24) is 20.3 Å². The van der Waals surface area contributed by atoms with E-state index < -0.39 is 0 Å². The van der Waals surface area contributed by atoms with E-state index in [1.165, 1.54) is 6.07 Å². The largest absolute Gasteiger partial charge is 0.364 e. The minimum atomic E-state index is -0.172. The van der Waals surface area contributed by atoms with Gasteiger partial charge in [0.25, 0.3) is 0 Å². The predicted molar refractivity (Wildman–Crippen MR) is 99.4 cm³/mol. The Morgan fingerprint density at radius 2 is 2.12 bits per heavy atom. The number of benzene rings is 1. The number of aliphatic imine (C=N–C) groups is 1. The van der Waals surface area contributed by atoms with Crippen LogP contribution in [-0.2, 0) is 13.0 Å². The van der Waals surface area contributed by atoms with Crippen LogP contribution in [0.4, 0.5) is 4.39 Å². The monoisotopic (exact) mass is 359 g/mol. The van der Waals surface area contributed by atoms with Crippen LogP contribution in [-0.4, -0.2) is 60.7 Å². The standard InChI is InChI=1S/C19H26FN5O/c1-21-19(22-8-3-5-16-4-2-6-17(20)14-16)25-11-9-24(10-12-25)15-18-7-13-26-23-18/h2,4,6-7,13-14H,3,5,8-12,15H2,1H3,(H,21,22). The lowest BCUT2D eigenvalue weighted by atomic mass is 10.1. The van der Waals surface area contributed by atoms with Crippen LogP contribution in [0.3, 0.4) is 0 Å². The topological polar surface area (TPSA) is 56.9 Å². The van der Waals surface area contributed by atoms with Gasteiger partial charge in [0.2, 0.25) is 0 Å². The minimum absolute atomic E-state index is 0.172. The van der Waals surface area contributed by atoms with Gasteiger partial charge >= 0.3 is 0 Å². The van der Waals surface area contributed by atoms with Crippen LogP contribution in [0.1, 0.15) is 17.7 Å². The molecule has 0 spiro atoms. The predicted octanol–water partition coefficient (Wildman–Crippen LogP) is 2.14. The number of aryl methyl sites for hydroxylation is 1. The molecule has 0 unspecified atom stereocenters. The molecule has 26 heavy (non-hydrogen) atoms. The van der Waals surface area contributed by atoms with E-state index in [0.29, 0.717) is 0 Å². The van der Waals surface area contributed by atoms with Crippen molar-refractivity contribution < 1.29 is 8.91 Å². The Balaban J connectivity index is 1.38. The number of piperazine rings is 1. The first-order valence-electron chi connectivity index (χ1n) is 9.06. The zero-order chi connectivity index (χ0) is 18.2. The molecule has 1 N–H and O–H groups in total. The van der Waals surface area contributed by atoms with Crippen LogP contribution in [0.15, 0.2) is 46.1 Å². The molecular weight excluding hydrogens is 333 g/mol. The zero-order valence-electron chi connectivity index (χ0n) is 15.2. The van der Waals surface area contributed by atoms with Gasteiger partial charge in [-0.3, -0.25) is 9.89 Å². The summed E-state index contributed by atoms with van der Waals surface area (Å²) in [5, 5.41) is 7.39. The van der Waals surface area contributed by atoms with Crippen molar-refractivity contribution in [2.75, 3.05) is 39.8 Å². The van der Waals surface area contributed by atoms with E-state index in [1.54, 1.807) is 18.4 Å². The van der Waals surface area contributed by atoms with Crippen molar-refractivity contribution >= 4 is 5.96 Å². The maximum atomic E-state index is 13.2. The maximum absolute atomic E-state index is 13.2. The third-order valence-corrected chi connectivity index (χ3v) is 4.57. The second kappa shape index (κ2) is 9.33. The summed E-state index contributed by atoms with van der Waals surface area (Å²) >= 11 is 0. The molecule has 140 valence electrons. The van der Waals surface area contributed by atoms with Gasteiger partial charge in [0.15, 0.2) is 5.96 Å². The van der Waals surface area contributed by atoms with Gasteiger partial charge in [-0.15, -0.1) is 0 Å². The molecule has 0 atom stereocenters. The van der Waals surface area contributed by atoms with Crippen molar-refractivity contribution in [3.63, 3.8) is 0 Å². The first-order chi connectivity index (χ1) is 12.7. The van der Waals surface area contributed by atoms with E-state index in [9.17, 15) is 4.39 Å². The van der Waals surface area contributed by atoms with Crippen molar-refractivity contribution in [1.29, 1.82) is 0 Å². The zero-order valence-corrected chi connectivity index (χ0v) is 15.2. The van der Waals surface area contributed by atoms with Gasteiger partial charge in [-0.05, 0) is 30.5 Å². The molecule has 7 heteroatoms. The molecule has 0 amide bonds. The van der Waals surface area contributed by atoms with Crippen LogP contribution >= 0.6 is 0 Å². The number of nitrogens with zero attached hydrogens (tertiary/aromatic N) is 4. The van der Waals surface area contributed by atoms with Gasteiger partial charge in [0, 0.05) is 52.4 Å². The summed E-state index contributed by atoms with van der Waals surface area (Å²) < 4.78 is 18.1. The SMILES string of the molecule is CN=C(NCCCc1cccc(F)c1)N1CCN(Cc2ccon2)CC1. The van der Waals surface area contributed by atoms with Gasteiger partial charge in [-0.1, -0.05) is 17.3 Å². The molecule has 1 saturated heterocycles.